The first-order valence-electron chi connectivity index (χ1n) is 6.50. The molecule has 0 spiro atoms. The molecule has 0 bridgehead atoms. The number of hydrogen-bond donors (Lipinski definition) is 1. The number of rotatable bonds is 6. The maximum absolute atomic E-state index is 12.3. The van der Waals surface area contributed by atoms with Gasteiger partial charge in [0.25, 0.3) is 5.91 Å². The summed E-state index contributed by atoms with van der Waals surface area (Å²) in [6, 6.07) is 3.66. The monoisotopic (exact) mass is 290 g/mol. The zero-order valence-electron chi connectivity index (χ0n) is 11.6. The van der Waals surface area contributed by atoms with Crippen molar-refractivity contribution < 1.29 is 4.79 Å². The van der Waals surface area contributed by atoms with Gasteiger partial charge in [0.1, 0.15) is 5.03 Å². The lowest BCUT2D eigenvalue weighted by Gasteiger charge is -2.18. The smallest absolute Gasteiger partial charge is 0.254 e. The quantitative estimate of drug-likeness (QED) is 0.829. The molecule has 2 heterocycles. The fourth-order valence-corrected chi connectivity index (χ4v) is 2.46. The second kappa shape index (κ2) is 7.09. The molecule has 0 saturated heterocycles. The number of nitrogens with one attached hydrogen (secondary N) is 1. The van der Waals surface area contributed by atoms with Crippen LogP contribution in [0, 0.1) is 0 Å². The summed E-state index contributed by atoms with van der Waals surface area (Å²) in [6.07, 6.45) is 9.87. The minimum Gasteiger partial charge on any atom is -0.347 e. The molecule has 0 fully saturated rings. The number of nitrogens with zero attached hydrogens (tertiary/aromatic N) is 3. The Hall–Kier alpha value is -1.82. The van der Waals surface area contributed by atoms with Crippen molar-refractivity contribution in [1.29, 1.82) is 0 Å². The number of thioether (sulfide) groups is 1. The molecule has 106 valence electrons. The average Bonchev–Trinajstić information content (AvgIpc) is 2.99. The van der Waals surface area contributed by atoms with Crippen molar-refractivity contribution in [3.8, 4) is 0 Å². The normalized spacial score (nSPS) is 12.1. The standard InChI is InChI=1S/C14H18N4OS/c1-3-11(9-18-8-7-15-10-18)17-13(19)12-5-4-6-16-14(12)20-2/h4-8,10-11H,3,9H2,1-2H3,(H,17,19)/t11-/m0/s1. The SMILES string of the molecule is CC[C@@H](Cn1ccnc1)NC(=O)c1cccnc1SC. The van der Waals surface area contributed by atoms with Crippen LogP contribution in [0.1, 0.15) is 23.7 Å². The van der Waals surface area contributed by atoms with Gasteiger partial charge in [-0.3, -0.25) is 4.79 Å². The molecular formula is C14H18N4OS. The summed E-state index contributed by atoms with van der Waals surface area (Å²) in [5.74, 6) is -0.0746. The van der Waals surface area contributed by atoms with Gasteiger partial charge >= 0.3 is 0 Å². The lowest BCUT2D eigenvalue weighted by molar-refractivity contribution is 0.0928. The molecule has 2 rings (SSSR count). The molecule has 0 aromatic carbocycles. The van der Waals surface area contributed by atoms with Crippen molar-refractivity contribution in [2.24, 2.45) is 0 Å². The van der Waals surface area contributed by atoms with E-state index < -0.39 is 0 Å². The van der Waals surface area contributed by atoms with Crippen molar-refractivity contribution in [1.82, 2.24) is 19.9 Å². The van der Waals surface area contributed by atoms with E-state index in [1.165, 1.54) is 11.8 Å². The maximum Gasteiger partial charge on any atom is 0.254 e. The van der Waals surface area contributed by atoms with Gasteiger partial charge in [-0.25, -0.2) is 9.97 Å². The lowest BCUT2D eigenvalue weighted by atomic mass is 10.2. The summed E-state index contributed by atoms with van der Waals surface area (Å²) >= 11 is 1.48. The predicted octanol–water partition coefficient (Wildman–Crippen LogP) is 2.21. The van der Waals surface area contributed by atoms with Crippen molar-refractivity contribution in [2.45, 2.75) is 31.0 Å². The molecular weight excluding hydrogens is 272 g/mol. The molecule has 1 atom stereocenters. The van der Waals surface area contributed by atoms with Crippen LogP contribution in [0.25, 0.3) is 0 Å². The van der Waals surface area contributed by atoms with Gasteiger partial charge in [-0.1, -0.05) is 6.92 Å². The topological polar surface area (TPSA) is 59.8 Å². The van der Waals surface area contributed by atoms with Crippen molar-refractivity contribution in [3.05, 3.63) is 42.6 Å². The first-order chi connectivity index (χ1) is 9.74. The maximum atomic E-state index is 12.3. The van der Waals surface area contributed by atoms with E-state index in [0.717, 1.165) is 18.0 Å². The molecule has 2 aromatic rings. The number of aromatic nitrogens is 3. The summed E-state index contributed by atoms with van der Waals surface area (Å²) in [4.78, 5) is 20.6. The third-order valence-corrected chi connectivity index (χ3v) is 3.74. The van der Waals surface area contributed by atoms with E-state index in [2.05, 4.69) is 22.2 Å². The Bertz CT molecular complexity index is 556. The zero-order valence-corrected chi connectivity index (χ0v) is 12.4. The largest absolute Gasteiger partial charge is 0.347 e. The van der Waals surface area contributed by atoms with Gasteiger partial charge in [-0.2, -0.15) is 0 Å². The van der Waals surface area contributed by atoms with Crippen LogP contribution in [-0.2, 0) is 6.54 Å². The van der Waals surface area contributed by atoms with Crippen LogP contribution < -0.4 is 5.32 Å². The summed E-state index contributed by atoms with van der Waals surface area (Å²) in [7, 11) is 0. The van der Waals surface area contributed by atoms with Gasteiger partial charge < -0.3 is 9.88 Å². The molecule has 0 radical (unpaired) electrons. The highest BCUT2D eigenvalue weighted by atomic mass is 32.2. The Labute approximate surface area is 122 Å². The third kappa shape index (κ3) is 3.60. The van der Waals surface area contributed by atoms with Gasteiger partial charge in [0.2, 0.25) is 0 Å². The Morgan fingerprint density at radius 2 is 2.35 bits per heavy atom. The molecule has 5 nitrogen and oxygen atoms in total. The van der Waals surface area contributed by atoms with Crippen LogP contribution in [0.15, 0.2) is 42.1 Å². The molecule has 0 aliphatic carbocycles. The van der Waals surface area contributed by atoms with Gasteiger partial charge in [-0.05, 0) is 24.8 Å². The lowest BCUT2D eigenvalue weighted by Crippen LogP contribution is -2.37. The molecule has 1 amide bonds. The summed E-state index contributed by atoms with van der Waals surface area (Å²) in [5, 5.41) is 3.81. The Kier molecular flexibility index (Phi) is 5.17. The number of imidazole rings is 1. The van der Waals surface area contributed by atoms with Crippen LogP contribution in [0.5, 0.6) is 0 Å². The first-order valence-corrected chi connectivity index (χ1v) is 7.72. The van der Waals surface area contributed by atoms with E-state index in [1.807, 2.05) is 17.0 Å². The van der Waals surface area contributed by atoms with Gasteiger partial charge in [0, 0.05) is 31.2 Å². The minimum atomic E-state index is -0.0746. The second-order valence-electron chi connectivity index (χ2n) is 4.40. The fourth-order valence-electron chi connectivity index (χ4n) is 1.92. The Morgan fingerprint density at radius 3 is 3.00 bits per heavy atom. The minimum absolute atomic E-state index is 0.0746. The van der Waals surface area contributed by atoms with E-state index in [0.29, 0.717) is 5.56 Å². The molecule has 0 aliphatic heterocycles. The zero-order chi connectivity index (χ0) is 14.4. The molecule has 0 unspecified atom stereocenters. The number of amides is 1. The number of carbonyl (C=O) groups excluding carboxylic acids is 1. The van der Waals surface area contributed by atoms with E-state index in [1.54, 1.807) is 30.9 Å². The highest BCUT2D eigenvalue weighted by Crippen LogP contribution is 2.16. The van der Waals surface area contributed by atoms with Crippen LogP contribution in [0.3, 0.4) is 0 Å². The highest BCUT2D eigenvalue weighted by molar-refractivity contribution is 7.98. The van der Waals surface area contributed by atoms with E-state index >= 15 is 0 Å². The van der Waals surface area contributed by atoms with Gasteiger partial charge in [-0.15, -0.1) is 11.8 Å². The van der Waals surface area contributed by atoms with Crippen LogP contribution in [0.4, 0.5) is 0 Å². The predicted molar refractivity (Wildman–Crippen MR) is 79.8 cm³/mol. The average molecular weight is 290 g/mol. The Morgan fingerprint density at radius 1 is 1.50 bits per heavy atom. The van der Waals surface area contributed by atoms with Crippen LogP contribution >= 0.6 is 11.8 Å². The van der Waals surface area contributed by atoms with Crippen LogP contribution in [0.2, 0.25) is 0 Å². The third-order valence-electron chi connectivity index (χ3n) is 3.03. The first kappa shape index (κ1) is 14.6. The molecule has 0 aliphatic rings. The molecule has 2 aromatic heterocycles. The van der Waals surface area contributed by atoms with E-state index in [4.69, 9.17) is 0 Å². The summed E-state index contributed by atoms with van der Waals surface area (Å²) in [5.41, 5.74) is 0.629. The van der Waals surface area contributed by atoms with Gasteiger partial charge in [0.15, 0.2) is 0 Å². The summed E-state index contributed by atoms with van der Waals surface area (Å²) < 4.78 is 1.97. The van der Waals surface area contributed by atoms with Crippen molar-refractivity contribution >= 4 is 17.7 Å². The van der Waals surface area contributed by atoms with E-state index in [9.17, 15) is 4.79 Å². The van der Waals surface area contributed by atoms with Crippen molar-refractivity contribution in [3.63, 3.8) is 0 Å². The van der Waals surface area contributed by atoms with E-state index in [-0.39, 0.29) is 11.9 Å². The molecule has 20 heavy (non-hydrogen) atoms. The van der Waals surface area contributed by atoms with Gasteiger partial charge in [0.05, 0.1) is 11.9 Å². The Balaban J connectivity index is 2.05. The number of carbonyl (C=O) groups is 1. The summed E-state index contributed by atoms with van der Waals surface area (Å²) in [6.45, 7) is 2.78. The van der Waals surface area contributed by atoms with Crippen LogP contribution in [-0.4, -0.2) is 32.7 Å². The fraction of sp³-hybridized carbons (Fsp3) is 0.357. The molecule has 1 N–H and O–H groups in total. The highest BCUT2D eigenvalue weighted by Gasteiger charge is 2.15. The molecule has 6 heteroatoms. The number of hydrogen-bond acceptors (Lipinski definition) is 4. The second-order valence-corrected chi connectivity index (χ2v) is 5.19. The molecule has 0 saturated carbocycles. The number of pyridine rings is 1. The van der Waals surface area contributed by atoms with Crippen molar-refractivity contribution in [2.75, 3.05) is 6.26 Å².